The molecule has 7 heteroatoms. The molecule has 0 amide bonds. The van der Waals surface area contributed by atoms with E-state index in [4.69, 9.17) is 20.2 Å². The van der Waals surface area contributed by atoms with Gasteiger partial charge in [-0.2, -0.15) is 0 Å². The number of nitrogens with zero attached hydrogens (tertiary/aromatic N) is 1. The van der Waals surface area contributed by atoms with Gasteiger partial charge in [0.1, 0.15) is 9.71 Å². The monoisotopic (exact) mass is 468 g/mol. The van der Waals surface area contributed by atoms with E-state index in [0.29, 0.717) is 27.6 Å². The van der Waals surface area contributed by atoms with Gasteiger partial charge in [-0.1, -0.05) is 15.9 Å². The van der Waals surface area contributed by atoms with Crippen LogP contribution in [0.2, 0.25) is 0 Å². The fourth-order valence-electron chi connectivity index (χ4n) is 3.05. The lowest BCUT2D eigenvalue weighted by atomic mass is 10.1. The number of benzene rings is 2. The summed E-state index contributed by atoms with van der Waals surface area (Å²) in [4.78, 5) is 18.9. The maximum Gasteiger partial charge on any atom is 0.205 e. The van der Waals surface area contributed by atoms with Gasteiger partial charge in [-0.15, -0.1) is 11.3 Å². The van der Waals surface area contributed by atoms with Crippen LogP contribution in [0, 0.1) is 0 Å². The number of rotatable bonds is 5. The topological polar surface area (TPSA) is 74.4 Å². The number of hydrogen-bond donors (Lipinski definition) is 1. The van der Waals surface area contributed by atoms with Crippen LogP contribution in [0.25, 0.3) is 21.5 Å². The molecule has 29 heavy (non-hydrogen) atoms. The smallest absolute Gasteiger partial charge is 0.205 e. The summed E-state index contributed by atoms with van der Waals surface area (Å²) in [5.41, 5.74) is 8.99. The number of pyridine rings is 1. The molecule has 0 unspecified atom stereocenters. The van der Waals surface area contributed by atoms with Crippen molar-refractivity contribution in [1.29, 1.82) is 0 Å². The molecule has 0 aliphatic carbocycles. The molecule has 0 radical (unpaired) electrons. The van der Waals surface area contributed by atoms with Crippen LogP contribution in [0.4, 0.5) is 5.69 Å². The molecule has 5 nitrogen and oxygen atoms in total. The third-order valence-electron chi connectivity index (χ3n) is 4.59. The van der Waals surface area contributed by atoms with Crippen LogP contribution < -0.4 is 15.2 Å². The lowest BCUT2D eigenvalue weighted by Crippen LogP contribution is -2.01. The summed E-state index contributed by atoms with van der Waals surface area (Å²) in [6.07, 6.45) is 0. The number of methoxy groups -OCH3 is 2. The van der Waals surface area contributed by atoms with Crippen LogP contribution in [-0.4, -0.2) is 25.0 Å². The standard InChI is InChI=1S/C22H17BrN2O3S/c1-27-17-10-5-13(11-18(17)28-2)16-9-8-15-19(24)21(29-22(15)25-16)20(26)12-3-6-14(23)7-4-12/h3-11H,24H2,1-2H3. The zero-order chi connectivity index (χ0) is 20.5. The van der Waals surface area contributed by atoms with Crippen molar-refractivity contribution in [1.82, 2.24) is 4.98 Å². The van der Waals surface area contributed by atoms with E-state index in [-0.39, 0.29) is 5.78 Å². The van der Waals surface area contributed by atoms with E-state index in [1.165, 1.54) is 11.3 Å². The number of halogens is 1. The number of nitrogen functional groups attached to an aromatic ring is 1. The minimum absolute atomic E-state index is 0.106. The van der Waals surface area contributed by atoms with E-state index in [9.17, 15) is 4.79 Å². The molecule has 4 rings (SSSR count). The van der Waals surface area contributed by atoms with E-state index in [1.807, 2.05) is 42.5 Å². The van der Waals surface area contributed by atoms with Gasteiger partial charge < -0.3 is 15.2 Å². The Bertz CT molecular complexity index is 1220. The summed E-state index contributed by atoms with van der Waals surface area (Å²) in [6, 6.07) is 16.6. The fourth-order valence-corrected chi connectivity index (χ4v) is 4.37. The van der Waals surface area contributed by atoms with Crippen LogP contribution in [0.5, 0.6) is 11.5 Å². The molecule has 0 aliphatic heterocycles. The molecular weight excluding hydrogens is 452 g/mol. The van der Waals surface area contributed by atoms with Crippen molar-refractivity contribution in [2.24, 2.45) is 0 Å². The highest BCUT2D eigenvalue weighted by atomic mass is 79.9. The molecule has 0 saturated heterocycles. The van der Waals surface area contributed by atoms with E-state index in [0.717, 1.165) is 25.9 Å². The Balaban J connectivity index is 1.76. The Labute approximate surface area is 180 Å². The van der Waals surface area contributed by atoms with E-state index < -0.39 is 0 Å². The average Bonchev–Trinajstić information content (AvgIpc) is 3.09. The van der Waals surface area contributed by atoms with Crippen LogP contribution >= 0.6 is 27.3 Å². The number of ketones is 1. The quantitative estimate of drug-likeness (QED) is 0.388. The summed E-state index contributed by atoms with van der Waals surface area (Å²) < 4.78 is 11.6. The molecule has 0 aliphatic rings. The number of carbonyl (C=O) groups is 1. The Morgan fingerprint density at radius 2 is 1.72 bits per heavy atom. The molecule has 2 N–H and O–H groups in total. The molecule has 0 fully saturated rings. The van der Waals surface area contributed by atoms with E-state index in [2.05, 4.69) is 15.9 Å². The number of nitrogens with two attached hydrogens (primary N) is 1. The van der Waals surface area contributed by atoms with Gasteiger partial charge in [0.15, 0.2) is 11.5 Å². The van der Waals surface area contributed by atoms with Gasteiger partial charge in [0.2, 0.25) is 5.78 Å². The number of thiophene rings is 1. The van der Waals surface area contributed by atoms with Crippen molar-refractivity contribution >= 4 is 49.0 Å². The summed E-state index contributed by atoms with van der Waals surface area (Å²) in [5, 5.41) is 0.777. The Morgan fingerprint density at radius 1 is 1.00 bits per heavy atom. The minimum Gasteiger partial charge on any atom is -0.493 e. The highest BCUT2D eigenvalue weighted by molar-refractivity contribution is 9.10. The van der Waals surface area contributed by atoms with Gasteiger partial charge in [0.25, 0.3) is 0 Å². The Kier molecular flexibility index (Phi) is 5.25. The second-order valence-electron chi connectivity index (χ2n) is 6.30. The van der Waals surface area contributed by atoms with Gasteiger partial charge >= 0.3 is 0 Å². The molecular formula is C22H17BrN2O3S. The summed E-state index contributed by atoms with van der Waals surface area (Å²) in [6.45, 7) is 0. The lowest BCUT2D eigenvalue weighted by molar-refractivity contribution is 0.104. The lowest BCUT2D eigenvalue weighted by Gasteiger charge is -2.09. The Hall–Kier alpha value is -2.90. The number of anilines is 1. The van der Waals surface area contributed by atoms with Crippen molar-refractivity contribution in [3.8, 4) is 22.8 Å². The second kappa shape index (κ2) is 7.85. The average molecular weight is 469 g/mol. The molecule has 2 aromatic heterocycles. The summed E-state index contributed by atoms with van der Waals surface area (Å²) in [7, 11) is 3.19. The first-order valence-electron chi connectivity index (χ1n) is 8.73. The van der Waals surface area contributed by atoms with Gasteiger partial charge in [-0.3, -0.25) is 4.79 Å². The maximum absolute atomic E-state index is 12.9. The number of aromatic nitrogens is 1. The highest BCUT2D eigenvalue weighted by Gasteiger charge is 2.19. The fraction of sp³-hybridized carbons (Fsp3) is 0.0909. The molecule has 0 spiro atoms. The summed E-state index contributed by atoms with van der Waals surface area (Å²) in [5.74, 6) is 1.18. The zero-order valence-corrected chi connectivity index (χ0v) is 18.1. The highest BCUT2D eigenvalue weighted by Crippen LogP contribution is 2.37. The number of carbonyl (C=O) groups excluding carboxylic acids is 1. The van der Waals surface area contributed by atoms with Crippen LogP contribution in [0.15, 0.2) is 59.1 Å². The van der Waals surface area contributed by atoms with E-state index >= 15 is 0 Å². The van der Waals surface area contributed by atoms with Gasteiger partial charge in [0.05, 0.1) is 25.6 Å². The van der Waals surface area contributed by atoms with Crippen LogP contribution in [-0.2, 0) is 0 Å². The number of ether oxygens (including phenoxy) is 2. The third kappa shape index (κ3) is 3.59. The Morgan fingerprint density at radius 3 is 2.41 bits per heavy atom. The zero-order valence-electron chi connectivity index (χ0n) is 15.7. The molecule has 0 atom stereocenters. The molecule has 0 saturated carbocycles. The van der Waals surface area contributed by atoms with Crippen LogP contribution in [0.1, 0.15) is 15.2 Å². The molecule has 2 aromatic carbocycles. The van der Waals surface area contributed by atoms with Gasteiger partial charge in [-0.25, -0.2) is 4.98 Å². The largest absolute Gasteiger partial charge is 0.493 e. The number of hydrogen-bond acceptors (Lipinski definition) is 6. The van der Waals surface area contributed by atoms with Crippen molar-refractivity contribution in [2.75, 3.05) is 20.0 Å². The van der Waals surface area contributed by atoms with Crippen molar-refractivity contribution in [3.63, 3.8) is 0 Å². The van der Waals surface area contributed by atoms with Crippen molar-refractivity contribution in [2.45, 2.75) is 0 Å². The molecule has 2 heterocycles. The van der Waals surface area contributed by atoms with Gasteiger partial charge in [0, 0.05) is 21.0 Å². The third-order valence-corrected chi connectivity index (χ3v) is 6.23. The first-order chi connectivity index (χ1) is 14.0. The number of fused-ring (bicyclic) bond motifs is 1. The predicted octanol–water partition coefficient (Wildman–Crippen LogP) is 5.56. The van der Waals surface area contributed by atoms with E-state index in [1.54, 1.807) is 26.4 Å². The minimum atomic E-state index is -0.106. The normalized spacial score (nSPS) is 10.9. The second-order valence-corrected chi connectivity index (χ2v) is 8.21. The first-order valence-corrected chi connectivity index (χ1v) is 10.3. The maximum atomic E-state index is 12.9. The first kappa shape index (κ1) is 19.4. The van der Waals surface area contributed by atoms with Crippen molar-refractivity contribution < 1.29 is 14.3 Å². The molecule has 4 aromatic rings. The predicted molar refractivity (Wildman–Crippen MR) is 120 cm³/mol. The van der Waals surface area contributed by atoms with Crippen molar-refractivity contribution in [3.05, 3.63) is 69.5 Å². The van der Waals surface area contributed by atoms with Crippen LogP contribution in [0.3, 0.4) is 0 Å². The molecule has 0 bridgehead atoms. The molecule has 146 valence electrons. The SMILES string of the molecule is COc1ccc(-c2ccc3c(N)c(C(=O)c4ccc(Br)cc4)sc3n2)cc1OC. The summed E-state index contributed by atoms with van der Waals surface area (Å²) >= 11 is 4.69. The van der Waals surface area contributed by atoms with Gasteiger partial charge in [-0.05, 0) is 54.6 Å².